The monoisotopic (exact) mass is 411 g/mol. The van der Waals surface area contributed by atoms with E-state index in [9.17, 15) is 14.9 Å². The van der Waals surface area contributed by atoms with Crippen molar-refractivity contribution in [3.05, 3.63) is 70.4 Å². The molecule has 0 heterocycles. The van der Waals surface area contributed by atoms with E-state index in [1.165, 1.54) is 6.20 Å². The first-order chi connectivity index (χ1) is 14.0. The fourth-order valence-electron chi connectivity index (χ4n) is 2.33. The van der Waals surface area contributed by atoms with E-state index < -0.39 is 11.9 Å². The second kappa shape index (κ2) is 10.9. The zero-order valence-corrected chi connectivity index (χ0v) is 17.0. The third-order valence-electron chi connectivity index (χ3n) is 4.05. The maximum absolute atomic E-state index is 12.5. The minimum atomic E-state index is -0.646. The summed E-state index contributed by atoms with van der Waals surface area (Å²) >= 11 is 6.08. The Kier molecular flexibility index (Phi) is 8.26. The van der Waals surface area contributed by atoms with Crippen LogP contribution in [0, 0.1) is 18.3 Å². The maximum atomic E-state index is 12.5. The number of carbonyl (C=O) groups is 2. The fourth-order valence-corrected chi connectivity index (χ4v) is 2.51. The van der Waals surface area contributed by atoms with Gasteiger partial charge in [0.25, 0.3) is 5.91 Å². The number of carbonyl (C=O) groups excluding carboxylic acids is 2. The summed E-state index contributed by atoms with van der Waals surface area (Å²) in [7, 11) is 0. The first kappa shape index (κ1) is 22.0. The maximum Gasteiger partial charge on any atom is 0.340 e. The van der Waals surface area contributed by atoms with Crippen molar-refractivity contribution in [2.45, 2.75) is 26.7 Å². The van der Waals surface area contributed by atoms with E-state index in [4.69, 9.17) is 16.3 Å². The van der Waals surface area contributed by atoms with Gasteiger partial charge in [-0.3, -0.25) is 4.79 Å². The third kappa shape index (κ3) is 6.37. The number of ether oxygens (including phenoxy) is 1. The minimum Gasteiger partial charge on any atom is -0.462 e. The van der Waals surface area contributed by atoms with Gasteiger partial charge in [0.05, 0.1) is 17.9 Å². The topological polar surface area (TPSA) is 91.2 Å². The Hall–Kier alpha value is -3.30. The van der Waals surface area contributed by atoms with E-state index in [0.717, 1.165) is 18.4 Å². The number of nitrogens with zero attached hydrogens (tertiary/aromatic N) is 1. The molecule has 0 aromatic heterocycles. The predicted octanol–water partition coefficient (Wildman–Crippen LogP) is 5.06. The number of para-hydroxylation sites is 1. The summed E-state index contributed by atoms with van der Waals surface area (Å²) in [5, 5.41) is 15.4. The Morgan fingerprint density at radius 1 is 1.24 bits per heavy atom. The average Bonchev–Trinajstić information content (AvgIpc) is 2.71. The van der Waals surface area contributed by atoms with Gasteiger partial charge in [-0.1, -0.05) is 43.1 Å². The molecule has 0 unspecified atom stereocenters. The summed E-state index contributed by atoms with van der Waals surface area (Å²) in [5.74, 6) is -1.17. The van der Waals surface area contributed by atoms with Crippen molar-refractivity contribution in [1.29, 1.82) is 5.26 Å². The molecule has 0 saturated heterocycles. The zero-order valence-electron chi connectivity index (χ0n) is 16.3. The highest BCUT2D eigenvalue weighted by Crippen LogP contribution is 2.21. The second-order valence-corrected chi connectivity index (χ2v) is 6.67. The Bertz CT molecular complexity index is 964. The molecule has 2 rings (SSSR count). The van der Waals surface area contributed by atoms with Gasteiger partial charge < -0.3 is 15.4 Å². The standard InChI is InChI=1S/C22H22ClN3O3/c1-3-4-11-29-22(28)18-7-5-6-8-20(18)26-21(27)16(13-24)14-25-17-10-9-15(2)19(23)12-17/h5-10,12,14,25H,3-4,11H2,1-2H3,(H,26,27)/b16-14-. The number of benzene rings is 2. The van der Waals surface area contributed by atoms with Crippen LogP contribution >= 0.6 is 11.6 Å². The van der Waals surface area contributed by atoms with Gasteiger partial charge in [-0.25, -0.2) is 4.79 Å². The molecule has 29 heavy (non-hydrogen) atoms. The van der Waals surface area contributed by atoms with E-state index in [1.54, 1.807) is 36.4 Å². The Morgan fingerprint density at radius 3 is 2.69 bits per heavy atom. The highest BCUT2D eigenvalue weighted by molar-refractivity contribution is 6.31. The number of amides is 1. The number of unbranched alkanes of at least 4 members (excludes halogenated alkanes) is 1. The van der Waals surface area contributed by atoms with Crippen LogP contribution in [0.5, 0.6) is 0 Å². The quantitative estimate of drug-likeness (QED) is 0.274. The molecule has 0 bridgehead atoms. The largest absolute Gasteiger partial charge is 0.462 e. The summed E-state index contributed by atoms with van der Waals surface area (Å²) in [6.07, 6.45) is 2.95. The van der Waals surface area contributed by atoms with Gasteiger partial charge >= 0.3 is 5.97 Å². The molecule has 1 amide bonds. The number of aryl methyl sites for hydroxylation is 1. The normalized spacial score (nSPS) is 10.8. The van der Waals surface area contributed by atoms with Crippen molar-refractivity contribution < 1.29 is 14.3 Å². The van der Waals surface area contributed by atoms with Crippen molar-refractivity contribution in [3.8, 4) is 6.07 Å². The number of hydrogen-bond acceptors (Lipinski definition) is 5. The summed E-state index contributed by atoms with van der Waals surface area (Å²) in [6.45, 7) is 4.18. The van der Waals surface area contributed by atoms with Gasteiger partial charge in [0.2, 0.25) is 0 Å². The molecule has 0 atom stereocenters. The molecule has 0 aliphatic rings. The van der Waals surface area contributed by atoms with Crippen LogP contribution in [0.25, 0.3) is 0 Å². The fraction of sp³-hybridized carbons (Fsp3) is 0.227. The van der Waals surface area contributed by atoms with Gasteiger partial charge in [-0.05, 0) is 43.2 Å². The van der Waals surface area contributed by atoms with E-state index in [-0.39, 0.29) is 16.8 Å². The lowest BCUT2D eigenvalue weighted by Gasteiger charge is -2.11. The van der Waals surface area contributed by atoms with Crippen molar-refractivity contribution in [3.63, 3.8) is 0 Å². The average molecular weight is 412 g/mol. The van der Waals surface area contributed by atoms with Crippen LogP contribution in [0.15, 0.2) is 54.2 Å². The van der Waals surface area contributed by atoms with Crippen LogP contribution in [0.2, 0.25) is 5.02 Å². The summed E-state index contributed by atoms with van der Waals surface area (Å²) in [6, 6.07) is 13.7. The molecule has 0 radical (unpaired) electrons. The van der Waals surface area contributed by atoms with Crippen LogP contribution in [0.4, 0.5) is 11.4 Å². The van der Waals surface area contributed by atoms with Crippen LogP contribution in [-0.2, 0) is 9.53 Å². The third-order valence-corrected chi connectivity index (χ3v) is 4.45. The predicted molar refractivity (Wildman–Crippen MR) is 114 cm³/mol. The van der Waals surface area contributed by atoms with Crippen LogP contribution in [-0.4, -0.2) is 18.5 Å². The molecule has 2 aromatic rings. The van der Waals surface area contributed by atoms with Gasteiger partial charge in [0.15, 0.2) is 0 Å². The molecule has 6 nitrogen and oxygen atoms in total. The smallest absolute Gasteiger partial charge is 0.340 e. The molecule has 2 N–H and O–H groups in total. The molecule has 0 aliphatic heterocycles. The van der Waals surface area contributed by atoms with Crippen molar-refractivity contribution in [2.75, 3.05) is 17.2 Å². The molecule has 2 aromatic carbocycles. The summed E-state index contributed by atoms with van der Waals surface area (Å²) in [5.41, 5.74) is 1.91. The van der Waals surface area contributed by atoms with Crippen LogP contribution in [0.1, 0.15) is 35.7 Å². The molecule has 0 spiro atoms. The highest BCUT2D eigenvalue weighted by Gasteiger charge is 2.16. The van der Waals surface area contributed by atoms with Crippen LogP contribution < -0.4 is 10.6 Å². The molecule has 150 valence electrons. The van der Waals surface area contributed by atoms with E-state index >= 15 is 0 Å². The van der Waals surface area contributed by atoms with E-state index in [1.807, 2.05) is 26.0 Å². The molecule has 0 aliphatic carbocycles. The Balaban J connectivity index is 2.12. The Labute approximate surface area is 175 Å². The lowest BCUT2D eigenvalue weighted by molar-refractivity contribution is -0.112. The van der Waals surface area contributed by atoms with Gasteiger partial charge in [-0.2, -0.15) is 5.26 Å². The molecule has 0 fully saturated rings. The number of halogens is 1. The summed E-state index contributed by atoms with van der Waals surface area (Å²) in [4.78, 5) is 24.8. The number of rotatable bonds is 8. The van der Waals surface area contributed by atoms with E-state index in [2.05, 4.69) is 10.6 Å². The molecular weight excluding hydrogens is 390 g/mol. The SMILES string of the molecule is CCCCOC(=O)c1ccccc1NC(=O)/C(C#N)=C\Nc1ccc(C)c(Cl)c1. The van der Waals surface area contributed by atoms with Crippen molar-refractivity contribution in [2.24, 2.45) is 0 Å². The van der Waals surface area contributed by atoms with Gasteiger partial charge in [0, 0.05) is 16.9 Å². The number of esters is 1. The number of nitrogens with one attached hydrogen (secondary N) is 2. The summed E-state index contributed by atoms with van der Waals surface area (Å²) < 4.78 is 5.21. The minimum absolute atomic E-state index is 0.157. The second-order valence-electron chi connectivity index (χ2n) is 6.27. The van der Waals surface area contributed by atoms with Crippen LogP contribution in [0.3, 0.4) is 0 Å². The lowest BCUT2D eigenvalue weighted by atomic mass is 10.1. The Morgan fingerprint density at radius 2 is 2.00 bits per heavy atom. The van der Waals surface area contributed by atoms with Gasteiger partial charge in [-0.15, -0.1) is 0 Å². The van der Waals surface area contributed by atoms with Crippen molar-refractivity contribution >= 4 is 34.9 Å². The lowest BCUT2D eigenvalue weighted by Crippen LogP contribution is -2.18. The first-order valence-electron chi connectivity index (χ1n) is 9.16. The van der Waals surface area contributed by atoms with Gasteiger partial charge in [0.1, 0.15) is 11.6 Å². The molecule has 0 saturated carbocycles. The number of anilines is 2. The first-order valence-corrected chi connectivity index (χ1v) is 9.54. The number of nitriles is 1. The highest BCUT2D eigenvalue weighted by atomic mass is 35.5. The molecular formula is C22H22ClN3O3. The molecule has 7 heteroatoms. The number of hydrogen-bond donors (Lipinski definition) is 2. The zero-order chi connectivity index (χ0) is 21.2. The van der Waals surface area contributed by atoms with Crippen molar-refractivity contribution in [1.82, 2.24) is 0 Å². The van der Waals surface area contributed by atoms with E-state index in [0.29, 0.717) is 17.3 Å².